The number of benzene rings is 3. The Morgan fingerprint density at radius 1 is 1.00 bits per heavy atom. The molecular formula is C26H25FN4O3. The Bertz CT molecular complexity index is 1270. The fourth-order valence-corrected chi connectivity index (χ4v) is 3.70. The maximum atomic E-state index is 13.4. The standard InChI is InChI=1S/C26H25FN4O3/c1-17-25(29-30-31(17)21-5-4-6-23(16-21)34-3)26(32)28-24(15-18-7-11-20(27)12-8-18)19-9-13-22(33-2)14-10-19/h4-14,16,24H,15H2,1-3H3,(H,28,32). The van der Waals surface area contributed by atoms with Gasteiger partial charge in [0.2, 0.25) is 0 Å². The first-order valence-electron chi connectivity index (χ1n) is 10.7. The predicted molar refractivity (Wildman–Crippen MR) is 126 cm³/mol. The molecule has 8 heteroatoms. The molecule has 3 aromatic carbocycles. The van der Waals surface area contributed by atoms with Crippen LogP contribution < -0.4 is 14.8 Å². The fraction of sp³-hybridized carbons (Fsp3) is 0.192. The first-order valence-corrected chi connectivity index (χ1v) is 10.7. The predicted octanol–water partition coefficient (Wildman–Crippen LogP) is 4.45. The molecule has 0 spiro atoms. The summed E-state index contributed by atoms with van der Waals surface area (Å²) in [4.78, 5) is 13.2. The summed E-state index contributed by atoms with van der Waals surface area (Å²) in [5, 5.41) is 11.4. The van der Waals surface area contributed by atoms with Crippen LogP contribution in [0.3, 0.4) is 0 Å². The van der Waals surface area contributed by atoms with Gasteiger partial charge in [-0.1, -0.05) is 35.5 Å². The van der Waals surface area contributed by atoms with Crippen molar-refractivity contribution in [2.24, 2.45) is 0 Å². The summed E-state index contributed by atoms with van der Waals surface area (Å²) in [5.74, 6) is 0.734. The van der Waals surface area contributed by atoms with Crippen molar-refractivity contribution in [1.29, 1.82) is 0 Å². The van der Waals surface area contributed by atoms with Gasteiger partial charge in [-0.25, -0.2) is 9.07 Å². The van der Waals surface area contributed by atoms with Crippen LogP contribution in [0.5, 0.6) is 11.5 Å². The third-order valence-electron chi connectivity index (χ3n) is 5.58. The summed E-state index contributed by atoms with van der Waals surface area (Å²) >= 11 is 0. The van der Waals surface area contributed by atoms with Gasteiger partial charge in [0.25, 0.3) is 5.91 Å². The van der Waals surface area contributed by atoms with Crippen LogP contribution in [0.4, 0.5) is 4.39 Å². The quantitative estimate of drug-likeness (QED) is 0.421. The summed E-state index contributed by atoms with van der Waals surface area (Å²) in [6.07, 6.45) is 0.474. The highest BCUT2D eigenvalue weighted by molar-refractivity contribution is 5.93. The van der Waals surface area contributed by atoms with E-state index in [-0.39, 0.29) is 23.5 Å². The number of methoxy groups -OCH3 is 2. The summed E-state index contributed by atoms with van der Waals surface area (Å²) in [5.41, 5.74) is 3.33. The first-order chi connectivity index (χ1) is 16.5. The highest BCUT2D eigenvalue weighted by atomic mass is 19.1. The van der Waals surface area contributed by atoms with Crippen LogP contribution in [-0.4, -0.2) is 35.1 Å². The molecule has 0 radical (unpaired) electrons. The van der Waals surface area contributed by atoms with Gasteiger partial charge < -0.3 is 14.8 Å². The van der Waals surface area contributed by atoms with E-state index in [0.717, 1.165) is 16.8 Å². The van der Waals surface area contributed by atoms with Crippen molar-refractivity contribution in [2.75, 3.05) is 14.2 Å². The Balaban J connectivity index is 1.61. The zero-order valence-corrected chi connectivity index (χ0v) is 19.2. The van der Waals surface area contributed by atoms with Crippen molar-refractivity contribution in [3.63, 3.8) is 0 Å². The third-order valence-corrected chi connectivity index (χ3v) is 5.58. The maximum absolute atomic E-state index is 13.4. The Morgan fingerprint density at radius 2 is 1.71 bits per heavy atom. The van der Waals surface area contributed by atoms with E-state index in [0.29, 0.717) is 23.6 Å². The Hall–Kier alpha value is -4.20. The molecule has 0 saturated heterocycles. The number of ether oxygens (including phenoxy) is 2. The van der Waals surface area contributed by atoms with Gasteiger partial charge in [0, 0.05) is 6.07 Å². The molecule has 1 unspecified atom stereocenters. The molecule has 4 rings (SSSR count). The Morgan fingerprint density at radius 3 is 2.38 bits per heavy atom. The zero-order chi connectivity index (χ0) is 24.1. The van der Waals surface area contributed by atoms with Gasteiger partial charge in [-0.15, -0.1) is 5.10 Å². The molecule has 0 aliphatic rings. The highest BCUT2D eigenvalue weighted by Crippen LogP contribution is 2.23. The van der Waals surface area contributed by atoms with Crippen LogP contribution >= 0.6 is 0 Å². The molecule has 4 aromatic rings. The second-order valence-corrected chi connectivity index (χ2v) is 7.77. The average Bonchev–Trinajstić information content (AvgIpc) is 3.26. The average molecular weight is 461 g/mol. The molecule has 1 aromatic heterocycles. The fourth-order valence-electron chi connectivity index (χ4n) is 3.70. The van der Waals surface area contributed by atoms with Crippen molar-refractivity contribution < 1.29 is 18.7 Å². The van der Waals surface area contributed by atoms with Crippen molar-refractivity contribution in [2.45, 2.75) is 19.4 Å². The number of halogens is 1. The van der Waals surface area contributed by atoms with Gasteiger partial charge in [0.05, 0.1) is 31.6 Å². The molecule has 34 heavy (non-hydrogen) atoms. The lowest BCUT2D eigenvalue weighted by molar-refractivity contribution is 0.0930. The monoisotopic (exact) mass is 460 g/mol. The molecule has 0 fully saturated rings. The number of amides is 1. The van der Waals surface area contributed by atoms with Crippen molar-refractivity contribution in [3.05, 3.63) is 101 Å². The molecule has 1 amide bonds. The van der Waals surface area contributed by atoms with Gasteiger partial charge in [0.1, 0.15) is 17.3 Å². The summed E-state index contributed by atoms with van der Waals surface area (Å²) < 4.78 is 25.5. The zero-order valence-electron chi connectivity index (χ0n) is 19.2. The minimum Gasteiger partial charge on any atom is -0.497 e. The summed E-state index contributed by atoms with van der Waals surface area (Å²) in [6, 6.07) is 20.7. The topological polar surface area (TPSA) is 78.3 Å². The molecule has 1 atom stereocenters. The van der Waals surface area contributed by atoms with Gasteiger partial charge in [0.15, 0.2) is 5.69 Å². The SMILES string of the molecule is COc1ccc(C(Cc2ccc(F)cc2)NC(=O)c2nnn(-c3cccc(OC)c3)c2C)cc1. The second kappa shape index (κ2) is 10.2. The van der Waals surface area contributed by atoms with E-state index in [1.165, 1.54) is 12.1 Å². The Kier molecular flexibility index (Phi) is 6.87. The number of nitrogens with zero attached hydrogens (tertiary/aromatic N) is 3. The number of carbonyl (C=O) groups excluding carboxylic acids is 1. The largest absolute Gasteiger partial charge is 0.497 e. The van der Waals surface area contributed by atoms with E-state index < -0.39 is 0 Å². The van der Waals surface area contributed by atoms with Gasteiger partial charge in [-0.3, -0.25) is 4.79 Å². The summed E-state index contributed by atoms with van der Waals surface area (Å²) in [6.45, 7) is 1.79. The maximum Gasteiger partial charge on any atom is 0.274 e. The first kappa shape index (κ1) is 23.0. The number of aromatic nitrogens is 3. The second-order valence-electron chi connectivity index (χ2n) is 7.77. The molecule has 1 heterocycles. The van der Waals surface area contributed by atoms with Crippen molar-refractivity contribution >= 4 is 5.91 Å². The van der Waals surface area contributed by atoms with E-state index in [2.05, 4.69) is 15.6 Å². The number of carbonyl (C=O) groups is 1. The highest BCUT2D eigenvalue weighted by Gasteiger charge is 2.22. The molecule has 1 N–H and O–H groups in total. The van der Waals surface area contributed by atoms with Crippen LogP contribution in [0.15, 0.2) is 72.8 Å². The molecule has 0 bridgehead atoms. The van der Waals surface area contributed by atoms with Crippen molar-refractivity contribution in [3.8, 4) is 17.2 Å². The smallest absolute Gasteiger partial charge is 0.274 e. The van der Waals surface area contributed by atoms with Crippen molar-refractivity contribution in [1.82, 2.24) is 20.3 Å². The summed E-state index contributed by atoms with van der Waals surface area (Å²) in [7, 11) is 3.19. The van der Waals surface area contributed by atoms with Gasteiger partial charge in [-0.05, 0) is 60.9 Å². The molecule has 7 nitrogen and oxygen atoms in total. The lowest BCUT2D eigenvalue weighted by atomic mass is 9.98. The van der Waals surface area contributed by atoms with E-state index in [9.17, 15) is 9.18 Å². The molecule has 0 saturated carbocycles. The Labute approximate surface area is 197 Å². The number of hydrogen-bond donors (Lipinski definition) is 1. The minimum absolute atomic E-state index is 0.223. The van der Waals surface area contributed by atoms with E-state index in [1.807, 2.05) is 48.5 Å². The van der Waals surface area contributed by atoms with Crippen LogP contribution in [0.1, 0.15) is 33.4 Å². The van der Waals surface area contributed by atoms with E-state index in [4.69, 9.17) is 9.47 Å². The van der Waals surface area contributed by atoms with Crippen LogP contribution in [0.25, 0.3) is 5.69 Å². The number of rotatable bonds is 8. The van der Waals surface area contributed by atoms with Gasteiger partial charge >= 0.3 is 0 Å². The number of nitrogens with one attached hydrogen (secondary N) is 1. The third kappa shape index (κ3) is 5.06. The lowest BCUT2D eigenvalue weighted by Gasteiger charge is -2.19. The normalized spacial score (nSPS) is 11.6. The van der Waals surface area contributed by atoms with Crippen LogP contribution in [-0.2, 0) is 6.42 Å². The molecule has 174 valence electrons. The van der Waals surface area contributed by atoms with Crippen LogP contribution in [0.2, 0.25) is 0 Å². The van der Waals surface area contributed by atoms with E-state index >= 15 is 0 Å². The van der Waals surface area contributed by atoms with Gasteiger partial charge in [-0.2, -0.15) is 0 Å². The molecule has 0 aliphatic heterocycles. The van der Waals surface area contributed by atoms with E-state index in [1.54, 1.807) is 38.0 Å². The minimum atomic E-state index is -0.370. The molecule has 0 aliphatic carbocycles. The number of hydrogen-bond acceptors (Lipinski definition) is 5. The molecular weight excluding hydrogens is 435 g/mol. The van der Waals surface area contributed by atoms with Crippen LogP contribution in [0, 0.1) is 12.7 Å². The lowest BCUT2D eigenvalue weighted by Crippen LogP contribution is -2.30.